The molecule has 2 fully saturated rings. The van der Waals surface area contributed by atoms with Crippen LogP contribution in [0.2, 0.25) is 0 Å². The molecule has 3 aromatic rings. The van der Waals surface area contributed by atoms with E-state index in [0.29, 0.717) is 18.6 Å². The molecule has 2 N–H and O–H groups in total. The number of nitrogens with one attached hydrogen (secondary N) is 1. The van der Waals surface area contributed by atoms with E-state index in [4.69, 9.17) is 9.72 Å². The molecule has 0 aliphatic carbocycles. The van der Waals surface area contributed by atoms with Crippen LogP contribution in [0.25, 0.3) is 22.2 Å². The molecular formula is C29H35FN6O2. The molecular weight excluding hydrogens is 483 g/mol. The van der Waals surface area contributed by atoms with Crippen LogP contribution in [-0.2, 0) is 11.3 Å². The fraction of sp³-hybridized carbons (Fsp3) is 0.517. The van der Waals surface area contributed by atoms with Crippen LogP contribution in [-0.4, -0.2) is 63.4 Å². The van der Waals surface area contributed by atoms with Crippen molar-refractivity contribution in [1.29, 1.82) is 5.26 Å². The van der Waals surface area contributed by atoms with E-state index in [-0.39, 0.29) is 35.6 Å². The Balaban J connectivity index is 1.49. The fourth-order valence-electron chi connectivity index (χ4n) is 5.72. The van der Waals surface area contributed by atoms with Gasteiger partial charge in [-0.1, -0.05) is 19.9 Å². The van der Waals surface area contributed by atoms with Crippen LogP contribution in [0, 0.1) is 22.6 Å². The van der Waals surface area contributed by atoms with Gasteiger partial charge in [0.2, 0.25) is 5.95 Å². The highest BCUT2D eigenvalue weighted by Gasteiger charge is 2.31. The maximum atomic E-state index is 15.0. The second-order valence-electron chi connectivity index (χ2n) is 11.1. The number of aliphatic hydroxyl groups is 1. The van der Waals surface area contributed by atoms with Gasteiger partial charge in [0.25, 0.3) is 0 Å². The highest BCUT2D eigenvalue weighted by Crippen LogP contribution is 2.34. The highest BCUT2D eigenvalue weighted by atomic mass is 19.1. The number of likely N-dealkylation sites (tertiary alicyclic amines) is 1. The smallest absolute Gasteiger partial charge is 0.223 e. The molecule has 0 saturated carbocycles. The van der Waals surface area contributed by atoms with E-state index >= 15 is 0 Å². The predicted octanol–water partition coefficient (Wildman–Crippen LogP) is 4.64. The molecule has 0 spiro atoms. The standard InChI is InChI=1S/C29H35FN6O2/c1-18(2)26-20(14-36-9-4-8-29(3,16-31)17-36)12-32-23-6-5-19(11-21(23)26)27-22(30)13-33-28(35-27)34-24-7-10-38-15-25(24)37/h5-6,11-13,18,24-25,37H,4,7-10,14-15,17H2,1-3H3,(H,33,34,35)/t24-,25-,29+/m1/s1. The number of aliphatic hydroxyl groups excluding tert-OH is 1. The van der Waals surface area contributed by atoms with Gasteiger partial charge < -0.3 is 15.2 Å². The minimum Gasteiger partial charge on any atom is -0.389 e. The van der Waals surface area contributed by atoms with Crippen LogP contribution >= 0.6 is 0 Å². The monoisotopic (exact) mass is 518 g/mol. The predicted molar refractivity (Wildman–Crippen MR) is 144 cm³/mol. The average Bonchev–Trinajstić information content (AvgIpc) is 2.90. The van der Waals surface area contributed by atoms with Gasteiger partial charge in [0, 0.05) is 36.8 Å². The van der Waals surface area contributed by atoms with Gasteiger partial charge in [-0.05, 0) is 61.9 Å². The van der Waals surface area contributed by atoms with Crippen LogP contribution < -0.4 is 5.32 Å². The van der Waals surface area contributed by atoms with Crippen molar-refractivity contribution in [2.75, 3.05) is 31.6 Å². The third-order valence-electron chi connectivity index (χ3n) is 7.67. The zero-order chi connectivity index (χ0) is 26.9. The number of pyridine rings is 1. The molecule has 8 nitrogen and oxygen atoms in total. The Morgan fingerprint density at radius 3 is 2.92 bits per heavy atom. The van der Waals surface area contributed by atoms with E-state index in [2.05, 4.69) is 40.1 Å². The first-order valence-electron chi connectivity index (χ1n) is 13.4. The molecule has 0 amide bonds. The lowest BCUT2D eigenvalue weighted by Crippen LogP contribution is -2.42. The zero-order valence-corrected chi connectivity index (χ0v) is 22.2. The van der Waals surface area contributed by atoms with Crippen LogP contribution in [0.5, 0.6) is 0 Å². The van der Waals surface area contributed by atoms with E-state index < -0.39 is 11.9 Å². The molecule has 3 atom stereocenters. The summed E-state index contributed by atoms with van der Waals surface area (Å²) in [5, 5.41) is 24.0. The highest BCUT2D eigenvalue weighted by molar-refractivity contribution is 5.88. The SMILES string of the molecule is CC(C)c1c(CN2CCC[C@@](C)(C#N)C2)cnc2ccc(-c3nc(N[C@@H]4CCOC[C@H]4O)ncc3F)cc12. The second-order valence-corrected chi connectivity index (χ2v) is 11.1. The number of fused-ring (bicyclic) bond motifs is 1. The largest absolute Gasteiger partial charge is 0.389 e. The number of aromatic nitrogens is 3. The maximum absolute atomic E-state index is 15.0. The van der Waals surface area contributed by atoms with Gasteiger partial charge in [-0.25, -0.2) is 14.4 Å². The van der Waals surface area contributed by atoms with Crippen molar-refractivity contribution in [3.63, 3.8) is 0 Å². The maximum Gasteiger partial charge on any atom is 0.223 e. The number of nitriles is 1. The summed E-state index contributed by atoms with van der Waals surface area (Å²) >= 11 is 0. The lowest BCUT2D eigenvalue weighted by atomic mass is 9.83. The van der Waals surface area contributed by atoms with E-state index in [9.17, 15) is 14.8 Å². The molecule has 5 rings (SSSR count). The summed E-state index contributed by atoms with van der Waals surface area (Å²) in [5.41, 5.74) is 3.67. The van der Waals surface area contributed by atoms with E-state index in [0.717, 1.165) is 48.9 Å². The molecule has 0 unspecified atom stereocenters. The third-order valence-corrected chi connectivity index (χ3v) is 7.67. The molecule has 0 radical (unpaired) electrons. The summed E-state index contributed by atoms with van der Waals surface area (Å²) in [4.78, 5) is 15.7. The molecule has 2 aliphatic rings. The molecule has 38 heavy (non-hydrogen) atoms. The summed E-state index contributed by atoms with van der Waals surface area (Å²) in [6.45, 7) is 9.56. The van der Waals surface area contributed by atoms with Crippen molar-refractivity contribution >= 4 is 16.9 Å². The Morgan fingerprint density at radius 1 is 1.32 bits per heavy atom. The normalized spacial score (nSPS) is 24.4. The van der Waals surface area contributed by atoms with Crippen LogP contribution in [0.1, 0.15) is 57.1 Å². The van der Waals surface area contributed by atoms with Crippen LogP contribution in [0.15, 0.2) is 30.6 Å². The third kappa shape index (κ3) is 5.48. The van der Waals surface area contributed by atoms with E-state index in [1.165, 1.54) is 11.8 Å². The van der Waals surface area contributed by atoms with Gasteiger partial charge in [-0.3, -0.25) is 9.88 Å². The number of hydrogen-bond donors (Lipinski definition) is 2. The molecule has 0 bridgehead atoms. The summed E-state index contributed by atoms with van der Waals surface area (Å²) in [7, 11) is 0. The molecule has 1 aromatic carbocycles. The number of piperidine rings is 1. The van der Waals surface area contributed by atoms with E-state index in [1.807, 2.05) is 31.3 Å². The molecule has 2 saturated heterocycles. The average molecular weight is 519 g/mol. The van der Waals surface area contributed by atoms with Crippen molar-refractivity contribution in [3.05, 3.63) is 47.5 Å². The summed E-state index contributed by atoms with van der Waals surface area (Å²) in [5.74, 6) is -0.0174. The van der Waals surface area contributed by atoms with Gasteiger partial charge in [-0.2, -0.15) is 5.26 Å². The summed E-state index contributed by atoms with van der Waals surface area (Å²) in [6, 6.07) is 7.95. The summed E-state index contributed by atoms with van der Waals surface area (Å²) < 4.78 is 20.3. The minimum atomic E-state index is -0.675. The van der Waals surface area contributed by atoms with Gasteiger partial charge >= 0.3 is 0 Å². The Morgan fingerprint density at radius 2 is 2.16 bits per heavy atom. The molecule has 200 valence electrons. The molecule has 2 aromatic heterocycles. The topological polar surface area (TPSA) is 107 Å². The Labute approximate surface area is 222 Å². The van der Waals surface area contributed by atoms with Crippen molar-refractivity contribution < 1.29 is 14.2 Å². The Hall–Kier alpha value is -3.19. The van der Waals surface area contributed by atoms with Gasteiger partial charge in [0.15, 0.2) is 5.82 Å². The van der Waals surface area contributed by atoms with E-state index in [1.54, 1.807) is 0 Å². The van der Waals surface area contributed by atoms with Crippen molar-refractivity contribution in [2.45, 2.75) is 64.6 Å². The Kier molecular flexibility index (Phi) is 7.57. The number of anilines is 1. The molecule has 9 heteroatoms. The molecule has 4 heterocycles. The number of benzene rings is 1. The Bertz CT molecular complexity index is 1360. The van der Waals surface area contributed by atoms with Gasteiger partial charge in [0.05, 0.1) is 42.0 Å². The molecule has 2 aliphatic heterocycles. The van der Waals surface area contributed by atoms with Crippen molar-refractivity contribution in [2.24, 2.45) is 5.41 Å². The van der Waals surface area contributed by atoms with Crippen LogP contribution in [0.4, 0.5) is 10.3 Å². The number of rotatable bonds is 6. The van der Waals surface area contributed by atoms with Gasteiger partial charge in [0.1, 0.15) is 5.69 Å². The summed E-state index contributed by atoms with van der Waals surface area (Å²) in [6.07, 6.45) is 4.98. The number of nitrogens with zero attached hydrogens (tertiary/aromatic N) is 5. The van der Waals surface area contributed by atoms with Crippen LogP contribution in [0.3, 0.4) is 0 Å². The first-order chi connectivity index (χ1) is 18.3. The quantitative estimate of drug-likeness (QED) is 0.486. The van der Waals surface area contributed by atoms with Gasteiger partial charge in [-0.15, -0.1) is 0 Å². The lowest BCUT2D eigenvalue weighted by Gasteiger charge is -2.36. The van der Waals surface area contributed by atoms with Crippen molar-refractivity contribution in [3.8, 4) is 17.3 Å². The number of halogens is 1. The fourth-order valence-corrected chi connectivity index (χ4v) is 5.72. The van der Waals surface area contributed by atoms with Crippen molar-refractivity contribution in [1.82, 2.24) is 19.9 Å². The number of hydrogen-bond acceptors (Lipinski definition) is 8. The first-order valence-corrected chi connectivity index (χ1v) is 13.4. The second kappa shape index (κ2) is 10.9. The zero-order valence-electron chi connectivity index (χ0n) is 22.2. The number of ether oxygens (including phenoxy) is 1. The minimum absolute atomic E-state index is 0.201. The first kappa shape index (κ1) is 26.4. The lowest BCUT2D eigenvalue weighted by molar-refractivity contribution is -0.0136.